The Balaban J connectivity index is 1.78. The van der Waals surface area contributed by atoms with Gasteiger partial charge in [0.15, 0.2) is 0 Å². The van der Waals surface area contributed by atoms with Gasteiger partial charge in [-0.05, 0) is 50.2 Å². The maximum absolute atomic E-state index is 13.8. The highest BCUT2D eigenvalue weighted by molar-refractivity contribution is 5.82. The van der Waals surface area contributed by atoms with Crippen molar-refractivity contribution in [2.75, 3.05) is 20.1 Å². The molecule has 2 aromatic rings. The summed E-state index contributed by atoms with van der Waals surface area (Å²) in [6, 6.07) is 7.55. The summed E-state index contributed by atoms with van der Waals surface area (Å²) in [5, 5.41) is 4.11. The molecule has 1 unspecified atom stereocenters. The van der Waals surface area contributed by atoms with Gasteiger partial charge in [0.05, 0.1) is 5.52 Å². The van der Waals surface area contributed by atoms with E-state index in [2.05, 4.69) is 22.2 Å². The molecule has 1 aromatic heterocycles. The fraction of sp³-hybridized carbons (Fsp3) is 0.438. The summed E-state index contributed by atoms with van der Waals surface area (Å²) < 4.78 is 13.8. The lowest BCUT2D eigenvalue weighted by Gasteiger charge is -2.21. The van der Waals surface area contributed by atoms with E-state index in [-0.39, 0.29) is 5.82 Å². The van der Waals surface area contributed by atoms with Crippen molar-refractivity contribution in [3.8, 4) is 0 Å². The fourth-order valence-corrected chi connectivity index (χ4v) is 2.97. The monoisotopic (exact) mass is 273 g/mol. The number of nitrogens with zero attached hydrogens (tertiary/aromatic N) is 2. The number of rotatable bonds is 4. The van der Waals surface area contributed by atoms with E-state index >= 15 is 0 Å². The van der Waals surface area contributed by atoms with Gasteiger partial charge in [0.25, 0.3) is 0 Å². The van der Waals surface area contributed by atoms with Crippen molar-refractivity contribution in [2.24, 2.45) is 0 Å². The average molecular weight is 273 g/mol. The summed E-state index contributed by atoms with van der Waals surface area (Å²) in [6.07, 6.45) is 4.23. The standard InChI is InChI=1S/C16H20FN3/c1-20(11-13-4-2-8-18-13)10-12-6-7-15(17)14-5-3-9-19-16(12)14/h3,5-7,9,13,18H,2,4,8,10-11H2,1H3. The molecule has 3 nitrogen and oxygen atoms in total. The minimum absolute atomic E-state index is 0.197. The van der Waals surface area contributed by atoms with Gasteiger partial charge in [0, 0.05) is 30.7 Å². The predicted octanol–water partition coefficient (Wildman–Crippen LogP) is 2.56. The Hall–Kier alpha value is -1.52. The summed E-state index contributed by atoms with van der Waals surface area (Å²) in [4.78, 5) is 6.63. The molecule has 1 aromatic carbocycles. The Morgan fingerprint density at radius 2 is 2.30 bits per heavy atom. The molecule has 0 bridgehead atoms. The van der Waals surface area contributed by atoms with Crippen molar-refractivity contribution in [1.29, 1.82) is 0 Å². The zero-order valence-corrected chi connectivity index (χ0v) is 11.8. The lowest BCUT2D eigenvalue weighted by Crippen LogP contribution is -2.35. The Morgan fingerprint density at radius 1 is 1.40 bits per heavy atom. The van der Waals surface area contributed by atoms with Crippen LogP contribution in [0.1, 0.15) is 18.4 Å². The maximum atomic E-state index is 13.8. The number of nitrogens with one attached hydrogen (secondary N) is 1. The second-order valence-corrected chi connectivity index (χ2v) is 5.60. The summed E-state index contributed by atoms with van der Waals surface area (Å²) in [5.41, 5.74) is 1.86. The molecule has 0 saturated carbocycles. The van der Waals surface area contributed by atoms with Crippen molar-refractivity contribution in [1.82, 2.24) is 15.2 Å². The molecule has 2 heterocycles. The van der Waals surface area contributed by atoms with Gasteiger partial charge in [0.2, 0.25) is 0 Å². The maximum Gasteiger partial charge on any atom is 0.132 e. The normalized spacial score (nSPS) is 19.1. The van der Waals surface area contributed by atoms with Crippen LogP contribution in [0.15, 0.2) is 30.5 Å². The molecule has 3 rings (SSSR count). The summed E-state index contributed by atoms with van der Waals surface area (Å²) in [7, 11) is 2.11. The number of fused-ring (bicyclic) bond motifs is 1. The van der Waals surface area contributed by atoms with Gasteiger partial charge in [-0.25, -0.2) is 4.39 Å². The van der Waals surface area contributed by atoms with Crippen LogP contribution in [-0.2, 0) is 6.54 Å². The number of hydrogen-bond donors (Lipinski definition) is 1. The lowest BCUT2D eigenvalue weighted by atomic mass is 10.1. The molecule has 1 atom stereocenters. The fourth-order valence-electron chi connectivity index (χ4n) is 2.97. The number of halogens is 1. The Morgan fingerprint density at radius 3 is 3.10 bits per heavy atom. The first-order valence-corrected chi connectivity index (χ1v) is 7.18. The molecule has 0 amide bonds. The smallest absolute Gasteiger partial charge is 0.132 e. The zero-order chi connectivity index (χ0) is 13.9. The first-order chi connectivity index (χ1) is 9.74. The quantitative estimate of drug-likeness (QED) is 0.928. The van der Waals surface area contributed by atoms with E-state index in [0.29, 0.717) is 11.4 Å². The predicted molar refractivity (Wildman–Crippen MR) is 79.1 cm³/mol. The lowest BCUT2D eigenvalue weighted by molar-refractivity contribution is 0.294. The number of benzene rings is 1. The number of pyridine rings is 1. The highest BCUT2D eigenvalue weighted by atomic mass is 19.1. The first kappa shape index (κ1) is 13.5. The zero-order valence-electron chi connectivity index (χ0n) is 11.8. The van der Waals surface area contributed by atoms with Crippen LogP contribution in [-0.4, -0.2) is 36.1 Å². The Labute approximate surface area is 118 Å². The molecule has 20 heavy (non-hydrogen) atoms. The van der Waals surface area contributed by atoms with Crippen LogP contribution in [0.5, 0.6) is 0 Å². The SMILES string of the molecule is CN(Cc1ccc(F)c2cccnc12)CC1CCCN1. The van der Waals surface area contributed by atoms with Crippen LogP contribution >= 0.6 is 0 Å². The molecule has 1 N–H and O–H groups in total. The molecule has 1 fully saturated rings. The van der Waals surface area contributed by atoms with Crippen molar-refractivity contribution in [3.63, 3.8) is 0 Å². The molecule has 1 saturated heterocycles. The Kier molecular flexibility index (Phi) is 3.94. The third-order valence-electron chi connectivity index (χ3n) is 3.93. The minimum atomic E-state index is -0.197. The van der Waals surface area contributed by atoms with E-state index in [9.17, 15) is 4.39 Å². The molecule has 1 aliphatic heterocycles. The van der Waals surface area contributed by atoms with Crippen LogP contribution in [0.3, 0.4) is 0 Å². The van der Waals surface area contributed by atoms with Gasteiger partial charge in [-0.3, -0.25) is 4.98 Å². The highest BCUT2D eigenvalue weighted by Gasteiger charge is 2.16. The second-order valence-electron chi connectivity index (χ2n) is 5.60. The number of aromatic nitrogens is 1. The Bertz CT molecular complexity index is 593. The first-order valence-electron chi connectivity index (χ1n) is 7.18. The van der Waals surface area contributed by atoms with Crippen molar-refractivity contribution in [2.45, 2.75) is 25.4 Å². The molecule has 1 aliphatic rings. The van der Waals surface area contributed by atoms with Crippen LogP contribution < -0.4 is 5.32 Å². The average Bonchev–Trinajstić information content (AvgIpc) is 2.95. The third kappa shape index (κ3) is 2.81. The van der Waals surface area contributed by atoms with E-state index in [0.717, 1.165) is 30.7 Å². The van der Waals surface area contributed by atoms with Gasteiger partial charge in [-0.1, -0.05) is 6.07 Å². The summed E-state index contributed by atoms with van der Waals surface area (Å²) in [5.74, 6) is -0.197. The van der Waals surface area contributed by atoms with Gasteiger partial charge >= 0.3 is 0 Å². The van der Waals surface area contributed by atoms with Crippen LogP contribution in [0, 0.1) is 5.82 Å². The number of hydrogen-bond acceptors (Lipinski definition) is 3. The molecule has 106 valence electrons. The molecule has 0 spiro atoms. The topological polar surface area (TPSA) is 28.2 Å². The van der Waals surface area contributed by atoms with E-state index < -0.39 is 0 Å². The van der Waals surface area contributed by atoms with E-state index in [1.165, 1.54) is 12.8 Å². The van der Waals surface area contributed by atoms with Gasteiger partial charge < -0.3 is 10.2 Å². The van der Waals surface area contributed by atoms with Crippen molar-refractivity contribution < 1.29 is 4.39 Å². The molecule has 4 heteroatoms. The highest BCUT2D eigenvalue weighted by Crippen LogP contribution is 2.21. The van der Waals surface area contributed by atoms with Gasteiger partial charge in [0.1, 0.15) is 5.82 Å². The van der Waals surface area contributed by atoms with Gasteiger partial charge in [-0.2, -0.15) is 0 Å². The minimum Gasteiger partial charge on any atom is -0.313 e. The summed E-state index contributed by atoms with van der Waals surface area (Å²) >= 11 is 0. The molecular formula is C16H20FN3. The third-order valence-corrected chi connectivity index (χ3v) is 3.93. The molecular weight excluding hydrogens is 253 g/mol. The van der Waals surface area contributed by atoms with Crippen molar-refractivity contribution in [3.05, 3.63) is 41.8 Å². The summed E-state index contributed by atoms with van der Waals surface area (Å²) in [6.45, 7) is 2.94. The van der Waals surface area contributed by atoms with Crippen LogP contribution in [0.4, 0.5) is 4.39 Å². The van der Waals surface area contributed by atoms with E-state index in [4.69, 9.17) is 0 Å². The van der Waals surface area contributed by atoms with E-state index in [1.54, 1.807) is 24.4 Å². The number of likely N-dealkylation sites (N-methyl/N-ethyl adjacent to an activating group) is 1. The molecule has 0 aliphatic carbocycles. The van der Waals surface area contributed by atoms with Crippen LogP contribution in [0.2, 0.25) is 0 Å². The second kappa shape index (κ2) is 5.85. The largest absolute Gasteiger partial charge is 0.313 e. The van der Waals surface area contributed by atoms with Crippen LogP contribution in [0.25, 0.3) is 10.9 Å². The van der Waals surface area contributed by atoms with Crippen molar-refractivity contribution >= 4 is 10.9 Å². The van der Waals surface area contributed by atoms with E-state index in [1.807, 2.05) is 6.07 Å². The van der Waals surface area contributed by atoms with Gasteiger partial charge in [-0.15, -0.1) is 0 Å². The molecule has 0 radical (unpaired) electrons.